The zero-order chi connectivity index (χ0) is 15.1. The van der Waals surface area contributed by atoms with Gasteiger partial charge in [-0.3, -0.25) is 4.79 Å². The number of fused-ring (bicyclic) bond motifs is 1. The Kier molecular flexibility index (Phi) is 6.63. The van der Waals surface area contributed by atoms with Crippen molar-refractivity contribution in [2.24, 2.45) is 5.73 Å². The molecule has 0 saturated carbocycles. The summed E-state index contributed by atoms with van der Waals surface area (Å²) >= 11 is 1.93. The van der Waals surface area contributed by atoms with Crippen molar-refractivity contribution in [3.05, 3.63) is 0 Å². The number of carbonyl (C=O) groups excluding carboxylic acids is 2. The Hall–Kier alpha value is -0.950. The highest BCUT2D eigenvalue weighted by molar-refractivity contribution is 8.00. The van der Waals surface area contributed by atoms with E-state index in [1.807, 2.05) is 11.8 Å². The molecule has 0 aliphatic carbocycles. The lowest BCUT2D eigenvalue weighted by Crippen LogP contribution is -2.36. The minimum absolute atomic E-state index is 0.0350. The highest BCUT2D eigenvalue weighted by Gasteiger charge is 2.42. The molecule has 0 radical (unpaired) electrons. The van der Waals surface area contributed by atoms with Crippen LogP contribution in [0.5, 0.6) is 0 Å². The summed E-state index contributed by atoms with van der Waals surface area (Å²) in [6, 6.07) is 0.526. The Labute approximate surface area is 130 Å². The molecule has 2 aliphatic heterocycles. The fraction of sp³-hybridized carbons (Fsp3) is 0.857. The van der Waals surface area contributed by atoms with E-state index in [1.165, 1.54) is 0 Å². The Balaban J connectivity index is 1.52. The second-order valence-corrected chi connectivity index (χ2v) is 6.99. The number of rotatable bonds is 9. The van der Waals surface area contributed by atoms with E-state index in [0.29, 0.717) is 24.3 Å². The molecule has 6 nitrogen and oxygen atoms in total. The molecule has 21 heavy (non-hydrogen) atoms. The van der Waals surface area contributed by atoms with Gasteiger partial charge >= 0.3 is 6.03 Å². The first-order valence-corrected chi connectivity index (χ1v) is 8.91. The van der Waals surface area contributed by atoms with E-state index in [0.717, 1.165) is 44.4 Å². The first-order chi connectivity index (χ1) is 10.2. The maximum Gasteiger partial charge on any atom is 0.315 e. The van der Waals surface area contributed by atoms with Crippen LogP contribution in [0.3, 0.4) is 0 Å². The Morgan fingerprint density at radius 3 is 2.95 bits per heavy atom. The van der Waals surface area contributed by atoms with E-state index in [4.69, 9.17) is 5.73 Å². The molecule has 2 saturated heterocycles. The normalized spacial score (nSPS) is 27.1. The summed E-state index contributed by atoms with van der Waals surface area (Å²) in [5, 5.41) is 9.35. The van der Waals surface area contributed by atoms with Gasteiger partial charge in [0.25, 0.3) is 0 Å². The van der Waals surface area contributed by atoms with Gasteiger partial charge in [0, 0.05) is 24.0 Å². The predicted molar refractivity (Wildman–Crippen MR) is 85.3 cm³/mol. The van der Waals surface area contributed by atoms with Crippen LogP contribution in [0.2, 0.25) is 0 Å². The molecule has 0 aromatic rings. The van der Waals surface area contributed by atoms with Gasteiger partial charge in [-0.2, -0.15) is 11.8 Å². The number of nitrogens with two attached hydrogens (primary N) is 1. The first kappa shape index (κ1) is 16.4. The third-order valence-corrected chi connectivity index (χ3v) is 5.54. The quantitative estimate of drug-likeness (QED) is 0.369. The molecule has 0 unspecified atom stereocenters. The molecular weight excluding hydrogens is 288 g/mol. The molecule has 3 amide bonds. The van der Waals surface area contributed by atoms with Gasteiger partial charge in [-0.15, -0.1) is 0 Å². The van der Waals surface area contributed by atoms with E-state index >= 15 is 0 Å². The summed E-state index contributed by atoms with van der Waals surface area (Å²) in [6.45, 7) is 1.42. The van der Waals surface area contributed by atoms with Gasteiger partial charge in [-0.1, -0.05) is 6.42 Å². The van der Waals surface area contributed by atoms with Crippen LogP contribution >= 0.6 is 11.8 Å². The maximum absolute atomic E-state index is 11.6. The number of urea groups is 1. The average Bonchev–Trinajstić information content (AvgIpc) is 2.99. The fourth-order valence-corrected chi connectivity index (χ4v) is 4.40. The van der Waals surface area contributed by atoms with Crippen molar-refractivity contribution in [1.82, 2.24) is 16.0 Å². The van der Waals surface area contributed by atoms with Crippen LogP contribution in [0, 0.1) is 0 Å². The van der Waals surface area contributed by atoms with Gasteiger partial charge in [-0.05, 0) is 32.2 Å². The standard InChI is InChI=1S/C14H26N4O2S/c15-7-3-4-8-16-12(19)6-2-1-5-11-13-10(9-21-11)17-14(20)18-13/h10-11,13H,1-9,15H2,(H,16,19)(H2,17,18,20)/t10-,11+,13+/m1/s1. The highest BCUT2D eigenvalue weighted by Crippen LogP contribution is 2.33. The van der Waals surface area contributed by atoms with Crippen LogP contribution in [0.25, 0.3) is 0 Å². The van der Waals surface area contributed by atoms with Gasteiger partial charge in [0.05, 0.1) is 12.1 Å². The number of amides is 3. The number of unbranched alkanes of at least 4 members (excludes halogenated alkanes) is 2. The van der Waals surface area contributed by atoms with Crippen molar-refractivity contribution in [2.45, 2.75) is 55.9 Å². The monoisotopic (exact) mass is 314 g/mol. The van der Waals surface area contributed by atoms with Crippen molar-refractivity contribution >= 4 is 23.7 Å². The number of hydrogen-bond acceptors (Lipinski definition) is 4. The largest absolute Gasteiger partial charge is 0.356 e. The van der Waals surface area contributed by atoms with Crippen LogP contribution in [0.4, 0.5) is 4.79 Å². The molecule has 2 rings (SSSR count). The van der Waals surface area contributed by atoms with Crippen LogP contribution in [0.15, 0.2) is 0 Å². The minimum atomic E-state index is -0.0350. The maximum atomic E-state index is 11.6. The van der Waals surface area contributed by atoms with Gasteiger partial charge in [0.15, 0.2) is 0 Å². The van der Waals surface area contributed by atoms with Crippen molar-refractivity contribution in [1.29, 1.82) is 0 Å². The van der Waals surface area contributed by atoms with Crippen molar-refractivity contribution in [3.8, 4) is 0 Å². The van der Waals surface area contributed by atoms with E-state index in [9.17, 15) is 9.59 Å². The summed E-state index contributed by atoms with van der Waals surface area (Å²) < 4.78 is 0. The molecule has 2 fully saturated rings. The number of thioether (sulfide) groups is 1. The molecule has 2 aliphatic rings. The minimum Gasteiger partial charge on any atom is -0.356 e. The van der Waals surface area contributed by atoms with Crippen LogP contribution in [0.1, 0.15) is 38.5 Å². The zero-order valence-electron chi connectivity index (χ0n) is 12.4. The first-order valence-electron chi connectivity index (χ1n) is 7.86. The lowest BCUT2D eigenvalue weighted by molar-refractivity contribution is -0.121. The van der Waals surface area contributed by atoms with Crippen LogP contribution < -0.4 is 21.7 Å². The third kappa shape index (κ3) is 5.07. The van der Waals surface area contributed by atoms with Crippen molar-refractivity contribution in [3.63, 3.8) is 0 Å². The Bertz CT molecular complexity index is 367. The van der Waals surface area contributed by atoms with Crippen LogP contribution in [-0.2, 0) is 4.79 Å². The van der Waals surface area contributed by atoms with E-state index in [-0.39, 0.29) is 18.0 Å². The lowest BCUT2D eigenvalue weighted by atomic mass is 10.0. The smallest absolute Gasteiger partial charge is 0.315 e. The molecule has 5 N–H and O–H groups in total. The molecule has 7 heteroatoms. The zero-order valence-corrected chi connectivity index (χ0v) is 13.2. The van der Waals surface area contributed by atoms with Gasteiger partial charge in [0.2, 0.25) is 5.91 Å². The fourth-order valence-electron chi connectivity index (χ4n) is 2.86. The topological polar surface area (TPSA) is 96.2 Å². The molecule has 120 valence electrons. The molecular formula is C14H26N4O2S. The summed E-state index contributed by atoms with van der Waals surface area (Å²) in [7, 11) is 0. The summed E-state index contributed by atoms with van der Waals surface area (Å²) in [5.74, 6) is 1.13. The van der Waals surface area contributed by atoms with Gasteiger partial charge in [0.1, 0.15) is 0 Å². The molecule has 3 atom stereocenters. The summed E-state index contributed by atoms with van der Waals surface area (Å²) in [6.07, 6.45) is 5.52. The average molecular weight is 314 g/mol. The highest BCUT2D eigenvalue weighted by atomic mass is 32.2. The Morgan fingerprint density at radius 2 is 2.14 bits per heavy atom. The third-order valence-electron chi connectivity index (χ3n) is 4.03. The van der Waals surface area contributed by atoms with E-state index < -0.39 is 0 Å². The lowest BCUT2D eigenvalue weighted by Gasteiger charge is -2.16. The number of nitrogens with one attached hydrogen (secondary N) is 3. The molecule has 2 heterocycles. The van der Waals surface area contributed by atoms with Gasteiger partial charge < -0.3 is 21.7 Å². The Morgan fingerprint density at radius 1 is 1.29 bits per heavy atom. The predicted octanol–water partition coefficient (Wildman–Crippen LogP) is 0.567. The second-order valence-electron chi connectivity index (χ2n) is 5.71. The van der Waals surface area contributed by atoms with Crippen molar-refractivity contribution in [2.75, 3.05) is 18.8 Å². The van der Waals surface area contributed by atoms with E-state index in [1.54, 1.807) is 0 Å². The molecule has 0 bridgehead atoms. The van der Waals surface area contributed by atoms with E-state index in [2.05, 4.69) is 16.0 Å². The van der Waals surface area contributed by atoms with Gasteiger partial charge in [-0.25, -0.2) is 4.79 Å². The van der Waals surface area contributed by atoms with Crippen LogP contribution in [-0.4, -0.2) is 48.1 Å². The molecule has 0 aromatic carbocycles. The molecule has 0 aromatic heterocycles. The summed E-state index contributed by atoms with van der Waals surface area (Å²) in [4.78, 5) is 22.9. The molecule has 0 spiro atoms. The number of carbonyl (C=O) groups is 2. The second kappa shape index (κ2) is 8.48. The SMILES string of the molecule is NCCCCNC(=O)CCCC[C@@H]1SC[C@H]2NC(=O)N[C@H]12. The van der Waals surface area contributed by atoms with Crippen molar-refractivity contribution < 1.29 is 9.59 Å². The summed E-state index contributed by atoms with van der Waals surface area (Å²) in [5.41, 5.74) is 5.40. The number of hydrogen-bond donors (Lipinski definition) is 4.